The maximum absolute atomic E-state index is 12.3. The number of carbonyl (C=O) groups is 2. The molecular formula is C17H14N2O3. The Kier molecular flexibility index (Phi) is 4.89. The zero-order valence-corrected chi connectivity index (χ0v) is 11.7. The third-order valence-corrected chi connectivity index (χ3v) is 3.14. The largest absolute Gasteiger partial charge is 0.481 e. The van der Waals surface area contributed by atoms with E-state index in [9.17, 15) is 9.59 Å². The maximum Gasteiger partial charge on any atom is 0.305 e. The van der Waals surface area contributed by atoms with Crippen LogP contribution in [0.3, 0.4) is 0 Å². The quantitative estimate of drug-likeness (QED) is 0.886. The van der Waals surface area contributed by atoms with Gasteiger partial charge in [-0.2, -0.15) is 5.26 Å². The molecule has 22 heavy (non-hydrogen) atoms. The molecule has 1 amide bonds. The first-order chi connectivity index (χ1) is 10.6. The van der Waals surface area contributed by atoms with E-state index in [1.165, 1.54) is 6.07 Å². The molecule has 0 heterocycles. The average Bonchev–Trinajstić information content (AvgIpc) is 2.54. The number of rotatable bonds is 5. The molecule has 0 saturated heterocycles. The van der Waals surface area contributed by atoms with Gasteiger partial charge in [0.1, 0.15) is 0 Å². The van der Waals surface area contributed by atoms with Crippen molar-refractivity contribution >= 4 is 11.9 Å². The van der Waals surface area contributed by atoms with Crippen LogP contribution in [0, 0.1) is 11.3 Å². The van der Waals surface area contributed by atoms with E-state index in [0.717, 1.165) is 5.56 Å². The Balaban J connectivity index is 2.21. The van der Waals surface area contributed by atoms with E-state index >= 15 is 0 Å². The number of carboxylic acids is 1. The summed E-state index contributed by atoms with van der Waals surface area (Å²) in [5, 5.41) is 20.6. The Labute approximate surface area is 127 Å². The fourth-order valence-corrected chi connectivity index (χ4v) is 2.08. The second-order valence-electron chi connectivity index (χ2n) is 4.73. The van der Waals surface area contributed by atoms with E-state index in [2.05, 4.69) is 5.32 Å². The molecule has 110 valence electrons. The molecule has 5 nitrogen and oxygen atoms in total. The second kappa shape index (κ2) is 7.04. The Morgan fingerprint density at radius 3 is 2.50 bits per heavy atom. The lowest BCUT2D eigenvalue weighted by Crippen LogP contribution is -2.30. The minimum atomic E-state index is -1.00. The van der Waals surface area contributed by atoms with Gasteiger partial charge in [0.15, 0.2) is 0 Å². The van der Waals surface area contributed by atoms with Crippen LogP contribution in [0.15, 0.2) is 54.6 Å². The fraction of sp³-hybridized carbons (Fsp3) is 0.118. The van der Waals surface area contributed by atoms with Gasteiger partial charge in [-0.05, 0) is 23.8 Å². The molecule has 2 N–H and O–H groups in total. The third kappa shape index (κ3) is 3.93. The first-order valence-corrected chi connectivity index (χ1v) is 6.68. The summed E-state index contributed by atoms with van der Waals surface area (Å²) in [5.74, 6) is -1.41. The Morgan fingerprint density at radius 2 is 1.86 bits per heavy atom. The van der Waals surface area contributed by atoms with Gasteiger partial charge in [0.25, 0.3) is 5.91 Å². The molecule has 0 spiro atoms. The number of aliphatic carboxylic acids is 1. The highest BCUT2D eigenvalue weighted by Crippen LogP contribution is 2.17. The molecule has 1 unspecified atom stereocenters. The Morgan fingerprint density at radius 1 is 1.14 bits per heavy atom. The van der Waals surface area contributed by atoms with Crippen molar-refractivity contribution in [2.75, 3.05) is 0 Å². The van der Waals surface area contributed by atoms with Crippen LogP contribution in [-0.2, 0) is 4.79 Å². The molecular weight excluding hydrogens is 280 g/mol. The zero-order chi connectivity index (χ0) is 15.9. The van der Waals surface area contributed by atoms with E-state index in [0.29, 0.717) is 11.1 Å². The number of nitrogens with zero attached hydrogens (tertiary/aromatic N) is 1. The summed E-state index contributed by atoms with van der Waals surface area (Å²) in [6.45, 7) is 0. The summed E-state index contributed by atoms with van der Waals surface area (Å²) in [5.41, 5.74) is 1.42. The molecule has 0 fully saturated rings. The SMILES string of the molecule is N#Cc1cccc(C(=O)NC(CC(=O)O)c2ccccc2)c1. The molecule has 0 aliphatic rings. The predicted molar refractivity (Wildman–Crippen MR) is 80.1 cm³/mol. The van der Waals surface area contributed by atoms with Crippen LogP contribution in [0.1, 0.15) is 33.9 Å². The second-order valence-corrected chi connectivity index (χ2v) is 4.73. The minimum Gasteiger partial charge on any atom is -0.481 e. The molecule has 2 aromatic rings. The van der Waals surface area contributed by atoms with Crippen molar-refractivity contribution in [3.63, 3.8) is 0 Å². The van der Waals surface area contributed by atoms with Gasteiger partial charge in [-0.15, -0.1) is 0 Å². The molecule has 0 aromatic heterocycles. The highest BCUT2D eigenvalue weighted by molar-refractivity contribution is 5.95. The lowest BCUT2D eigenvalue weighted by Gasteiger charge is -2.17. The topological polar surface area (TPSA) is 90.2 Å². The van der Waals surface area contributed by atoms with Gasteiger partial charge in [0.05, 0.1) is 24.1 Å². The fourth-order valence-electron chi connectivity index (χ4n) is 2.08. The van der Waals surface area contributed by atoms with E-state index < -0.39 is 17.9 Å². The first-order valence-electron chi connectivity index (χ1n) is 6.68. The van der Waals surface area contributed by atoms with Crippen LogP contribution < -0.4 is 5.32 Å². The van der Waals surface area contributed by atoms with Gasteiger partial charge in [-0.3, -0.25) is 9.59 Å². The van der Waals surface area contributed by atoms with Gasteiger partial charge in [0, 0.05) is 5.56 Å². The Bertz CT molecular complexity index is 720. The molecule has 1 atom stereocenters. The van der Waals surface area contributed by atoms with Gasteiger partial charge in [0.2, 0.25) is 0 Å². The summed E-state index contributed by atoms with van der Waals surface area (Å²) in [4.78, 5) is 23.3. The lowest BCUT2D eigenvalue weighted by atomic mass is 10.0. The van der Waals surface area contributed by atoms with Crippen molar-refractivity contribution < 1.29 is 14.7 Å². The van der Waals surface area contributed by atoms with Crippen molar-refractivity contribution in [3.8, 4) is 6.07 Å². The molecule has 2 rings (SSSR count). The minimum absolute atomic E-state index is 0.215. The monoisotopic (exact) mass is 294 g/mol. The third-order valence-electron chi connectivity index (χ3n) is 3.14. The van der Waals surface area contributed by atoms with Crippen LogP contribution >= 0.6 is 0 Å². The summed E-state index contributed by atoms with van der Waals surface area (Å²) in [7, 11) is 0. The van der Waals surface area contributed by atoms with Crippen LogP contribution in [0.5, 0.6) is 0 Å². The van der Waals surface area contributed by atoms with Crippen LogP contribution in [0.4, 0.5) is 0 Å². The van der Waals surface area contributed by atoms with Crippen LogP contribution in [-0.4, -0.2) is 17.0 Å². The molecule has 0 aliphatic carbocycles. The van der Waals surface area contributed by atoms with E-state index in [1.54, 1.807) is 42.5 Å². The molecule has 0 bridgehead atoms. The highest BCUT2D eigenvalue weighted by Gasteiger charge is 2.18. The molecule has 0 saturated carbocycles. The van der Waals surface area contributed by atoms with Crippen LogP contribution in [0.2, 0.25) is 0 Å². The van der Waals surface area contributed by atoms with Gasteiger partial charge in [-0.1, -0.05) is 36.4 Å². The lowest BCUT2D eigenvalue weighted by molar-refractivity contribution is -0.137. The van der Waals surface area contributed by atoms with Gasteiger partial charge >= 0.3 is 5.97 Å². The number of carboxylic acid groups (broad SMARTS) is 1. The number of hydrogen-bond donors (Lipinski definition) is 2. The maximum atomic E-state index is 12.3. The van der Waals surface area contributed by atoms with Gasteiger partial charge < -0.3 is 10.4 Å². The van der Waals surface area contributed by atoms with E-state index in [4.69, 9.17) is 10.4 Å². The number of benzene rings is 2. The smallest absolute Gasteiger partial charge is 0.305 e. The van der Waals surface area contributed by atoms with E-state index in [-0.39, 0.29) is 6.42 Å². The number of carbonyl (C=O) groups excluding carboxylic acids is 1. The molecule has 5 heteroatoms. The highest BCUT2D eigenvalue weighted by atomic mass is 16.4. The van der Waals surface area contributed by atoms with Crippen molar-refractivity contribution in [1.82, 2.24) is 5.32 Å². The normalized spacial score (nSPS) is 11.2. The number of amides is 1. The number of nitriles is 1. The van der Waals surface area contributed by atoms with E-state index in [1.807, 2.05) is 12.1 Å². The zero-order valence-electron chi connectivity index (χ0n) is 11.7. The standard InChI is InChI=1S/C17H14N2O3/c18-11-12-5-4-8-14(9-12)17(22)19-15(10-16(20)21)13-6-2-1-3-7-13/h1-9,15H,10H2,(H,19,22)(H,20,21). The number of hydrogen-bond acceptors (Lipinski definition) is 3. The molecule has 0 radical (unpaired) electrons. The van der Waals surface area contributed by atoms with Crippen molar-refractivity contribution in [2.24, 2.45) is 0 Å². The first kappa shape index (κ1) is 15.3. The average molecular weight is 294 g/mol. The Hall–Kier alpha value is -3.13. The summed E-state index contributed by atoms with van der Waals surface area (Å²) in [6, 6.07) is 16.5. The summed E-state index contributed by atoms with van der Waals surface area (Å²) >= 11 is 0. The summed E-state index contributed by atoms with van der Waals surface area (Å²) < 4.78 is 0. The van der Waals surface area contributed by atoms with Crippen molar-refractivity contribution in [3.05, 3.63) is 71.3 Å². The van der Waals surface area contributed by atoms with Gasteiger partial charge in [-0.25, -0.2) is 0 Å². The predicted octanol–water partition coefficient (Wildman–Crippen LogP) is 2.50. The van der Waals surface area contributed by atoms with Crippen molar-refractivity contribution in [1.29, 1.82) is 5.26 Å². The summed E-state index contributed by atoms with van der Waals surface area (Å²) in [6.07, 6.45) is -0.215. The van der Waals surface area contributed by atoms with Crippen molar-refractivity contribution in [2.45, 2.75) is 12.5 Å². The molecule has 2 aromatic carbocycles. The molecule has 0 aliphatic heterocycles. The van der Waals surface area contributed by atoms with Crippen LogP contribution in [0.25, 0.3) is 0 Å². The number of nitrogens with one attached hydrogen (secondary N) is 1.